The summed E-state index contributed by atoms with van der Waals surface area (Å²) in [5.74, 6) is 0.600. The van der Waals surface area contributed by atoms with Gasteiger partial charge in [-0.3, -0.25) is 4.79 Å². The second kappa shape index (κ2) is 7.34. The third kappa shape index (κ3) is 4.13. The zero-order chi connectivity index (χ0) is 15.2. The first-order chi connectivity index (χ1) is 10.1. The highest BCUT2D eigenvalue weighted by molar-refractivity contribution is 6.36. The van der Waals surface area contributed by atoms with Crippen LogP contribution in [0.2, 0.25) is 10.0 Å². The Hall–Kier alpha value is -1.71. The molecule has 0 aliphatic rings. The van der Waals surface area contributed by atoms with Gasteiger partial charge in [0.05, 0.1) is 17.7 Å². The maximum atomic E-state index is 12.1. The molecule has 1 N–H and O–H groups in total. The van der Waals surface area contributed by atoms with E-state index in [2.05, 4.69) is 5.32 Å². The molecule has 0 atom stereocenters. The van der Waals surface area contributed by atoms with Gasteiger partial charge in [0.15, 0.2) is 0 Å². The Kier molecular flexibility index (Phi) is 5.48. The number of rotatable bonds is 5. The number of methoxy groups -OCH3 is 1. The van der Waals surface area contributed by atoms with Gasteiger partial charge in [-0.1, -0.05) is 41.4 Å². The molecule has 2 rings (SSSR count). The minimum absolute atomic E-state index is 0.216. The van der Waals surface area contributed by atoms with Crippen LogP contribution in [0.5, 0.6) is 5.75 Å². The van der Waals surface area contributed by atoms with Crippen LogP contribution in [0.3, 0.4) is 0 Å². The third-order valence-corrected chi connectivity index (χ3v) is 3.60. The first-order valence-electron chi connectivity index (χ1n) is 6.47. The van der Waals surface area contributed by atoms with Crippen molar-refractivity contribution in [3.05, 3.63) is 63.6 Å². The second-order valence-electron chi connectivity index (χ2n) is 4.44. The number of halogens is 2. The van der Waals surface area contributed by atoms with Gasteiger partial charge in [0.25, 0.3) is 5.91 Å². The summed E-state index contributed by atoms with van der Waals surface area (Å²) < 4.78 is 5.27. The summed E-state index contributed by atoms with van der Waals surface area (Å²) >= 11 is 11.8. The van der Waals surface area contributed by atoms with Crippen LogP contribution in [0, 0.1) is 0 Å². The summed E-state index contributed by atoms with van der Waals surface area (Å²) in [5.41, 5.74) is 1.46. The number of hydrogen-bond donors (Lipinski definition) is 1. The molecule has 0 unspecified atom stereocenters. The van der Waals surface area contributed by atoms with Gasteiger partial charge in [-0.15, -0.1) is 0 Å². The Balaban J connectivity index is 1.95. The lowest BCUT2D eigenvalue weighted by atomic mass is 10.1. The number of nitrogens with one attached hydrogen (secondary N) is 1. The van der Waals surface area contributed by atoms with Crippen LogP contribution in [0.25, 0.3) is 0 Å². The van der Waals surface area contributed by atoms with Crippen LogP contribution in [0.4, 0.5) is 0 Å². The highest BCUT2D eigenvalue weighted by atomic mass is 35.5. The summed E-state index contributed by atoms with van der Waals surface area (Å²) in [5, 5.41) is 3.69. The number of amides is 1. The normalized spacial score (nSPS) is 10.2. The Labute approximate surface area is 133 Å². The van der Waals surface area contributed by atoms with Crippen molar-refractivity contribution in [2.75, 3.05) is 13.7 Å². The summed E-state index contributed by atoms with van der Waals surface area (Å²) in [6.07, 6.45) is 0.682. The van der Waals surface area contributed by atoms with Crippen molar-refractivity contribution in [3.8, 4) is 5.75 Å². The topological polar surface area (TPSA) is 38.3 Å². The summed E-state index contributed by atoms with van der Waals surface area (Å²) in [4.78, 5) is 12.1. The molecule has 110 valence electrons. The molecule has 3 nitrogen and oxygen atoms in total. The van der Waals surface area contributed by atoms with Crippen molar-refractivity contribution in [2.45, 2.75) is 6.42 Å². The average molecular weight is 324 g/mol. The van der Waals surface area contributed by atoms with Gasteiger partial charge < -0.3 is 10.1 Å². The molecule has 0 fully saturated rings. The fraction of sp³-hybridized carbons (Fsp3) is 0.188. The highest BCUT2D eigenvalue weighted by Crippen LogP contribution is 2.21. The Morgan fingerprint density at radius 2 is 1.95 bits per heavy atom. The van der Waals surface area contributed by atoms with E-state index in [-0.39, 0.29) is 5.91 Å². The molecule has 5 heteroatoms. The summed E-state index contributed by atoms with van der Waals surface area (Å²) in [7, 11) is 1.63. The maximum absolute atomic E-state index is 12.1. The second-order valence-corrected chi connectivity index (χ2v) is 5.29. The molecule has 1 amide bonds. The van der Waals surface area contributed by atoms with Crippen LogP contribution in [-0.4, -0.2) is 19.6 Å². The number of para-hydroxylation sites is 1. The average Bonchev–Trinajstić information content (AvgIpc) is 2.47. The van der Waals surface area contributed by atoms with Crippen molar-refractivity contribution in [1.29, 1.82) is 0 Å². The van der Waals surface area contributed by atoms with Crippen LogP contribution in [0.1, 0.15) is 15.9 Å². The molecule has 0 aliphatic carbocycles. The molecule has 2 aromatic carbocycles. The number of carbonyl (C=O) groups excluding carboxylic acids is 1. The van der Waals surface area contributed by atoms with Gasteiger partial charge in [-0.2, -0.15) is 0 Å². The Morgan fingerprint density at radius 3 is 2.67 bits per heavy atom. The van der Waals surface area contributed by atoms with Crippen molar-refractivity contribution in [2.24, 2.45) is 0 Å². The van der Waals surface area contributed by atoms with Gasteiger partial charge in [-0.05, 0) is 36.2 Å². The van der Waals surface area contributed by atoms with E-state index in [1.54, 1.807) is 25.3 Å². The van der Waals surface area contributed by atoms with Crippen LogP contribution in [-0.2, 0) is 6.42 Å². The minimum atomic E-state index is -0.216. The van der Waals surface area contributed by atoms with Crippen molar-refractivity contribution in [1.82, 2.24) is 5.32 Å². The van der Waals surface area contributed by atoms with Crippen molar-refractivity contribution < 1.29 is 9.53 Å². The summed E-state index contributed by atoms with van der Waals surface area (Å²) in [6, 6.07) is 12.5. The van der Waals surface area contributed by atoms with Gasteiger partial charge >= 0.3 is 0 Å². The number of benzene rings is 2. The first-order valence-corrected chi connectivity index (χ1v) is 7.22. The Morgan fingerprint density at radius 1 is 1.19 bits per heavy atom. The van der Waals surface area contributed by atoms with E-state index in [0.717, 1.165) is 11.3 Å². The van der Waals surface area contributed by atoms with Gasteiger partial charge in [-0.25, -0.2) is 0 Å². The van der Waals surface area contributed by atoms with E-state index in [0.29, 0.717) is 28.6 Å². The molecule has 0 radical (unpaired) electrons. The molecule has 0 aliphatic heterocycles. The van der Waals surface area contributed by atoms with Crippen LogP contribution < -0.4 is 10.1 Å². The lowest BCUT2D eigenvalue weighted by Gasteiger charge is -2.10. The maximum Gasteiger partial charge on any atom is 0.252 e. The van der Waals surface area contributed by atoms with Gasteiger partial charge in [0, 0.05) is 11.6 Å². The number of ether oxygens (including phenoxy) is 1. The molecule has 21 heavy (non-hydrogen) atoms. The summed E-state index contributed by atoms with van der Waals surface area (Å²) in [6.45, 7) is 0.498. The fourth-order valence-corrected chi connectivity index (χ4v) is 2.48. The van der Waals surface area contributed by atoms with Gasteiger partial charge in [0.1, 0.15) is 5.75 Å². The van der Waals surface area contributed by atoms with Crippen LogP contribution in [0.15, 0.2) is 42.5 Å². The quantitative estimate of drug-likeness (QED) is 0.904. The SMILES string of the molecule is COc1ccccc1CCNC(=O)c1ccc(Cl)cc1Cl. The zero-order valence-corrected chi connectivity index (χ0v) is 13.0. The third-order valence-electron chi connectivity index (χ3n) is 3.05. The highest BCUT2D eigenvalue weighted by Gasteiger charge is 2.10. The zero-order valence-electron chi connectivity index (χ0n) is 11.5. The number of carbonyl (C=O) groups is 1. The lowest BCUT2D eigenvalue weighted by molar-refractivity contribution is 0.0954. The smallest absolute Gasteiger partial charge is 0.252 e. The van der Waals surface area contributed by atoms with E-state index in [1.807, 2.05) is 24.3 Å². The Bertz CT molecular complexity index is 644. The molecule has 0 saturated heterocycles. The lowest BCUT2D eigenvalue weighted by Crippen LogP contribution is -2.26. The van der Waals surface area contributed by atoms with Crippen molar-refractivity contribution >= 4 is 29.1 Å². The molecule has 0 spiro atoms. The molecule has 0 aromatic heterocycles. The fourth-order valence-electron chi connectivity index (χ4n) is 1.99. The molecular formula is C16H15Cl2NO2. The van der Waals surface area contributed by atoms with E-state index in [4.69, 9.17) is 27.9 Å². The van der Waals surface area contributed by atoms with E-state index >= 15 is 0 Å². The molecular weight excluding hydrogens is 309 g/mol. The largest absolute Gasteiger partial charge is 0.496 e. The van der Waals surface area contributed by atoms with Crippen LogP contribution >= 0.6 is 23.2 Å². The van der Waals surface area contributed by atoms with Gasteiger partial charge in [0.2, 0.25) is 0 Å². The van der Waals surface area contributed by atoms with E-state index in [1.165, 1.54) is 0 Å². The molecule has 0 heterocycles. The molecule has 0 bridgehead atoms. The predicted octanol–water partition coefficient (Wildman–Crippen LogP) is 3.97. The first kappa shape index (κ1) is 15.7. The monoisotopic (exact) mass is 323 g/mol. The minimum Gasteiger partial charge on any atom is -0.496 e. The standard InChI is InChI=1S/C16H15Cl2NO2/c1-21-15-5-3-2-4-11(15)8-9-19-16(20)13-7-6-12(17)10-14(13)18/h2-7,10H,8-9H2,1H3,(H,19,20). The molecule has 2 aromatic rings. The van der Waals surface area contributed by atoms with Crippen molar-refractivity contribution in [3.63, 3.8) is 0 Å². The number of hydrogen-bond acceptors (Lipinski definition) is 2. The van der Waals surface area contributed by atoms with E-state index in [9.17, 15) is 4.79 Å². The molecule has 0 saturated carbocycles. The predicted molar refractivity (Wildman–Crippen MR) is 85.5 cm³/mol. The van der Waals surface area contributed by atoms with E-state index < -0.39 is 0 Å².